The van der Waals surface area contributed by atoms with Crippen LogP contribution >= 0.6 is 0 Å². The largest absolute Gasteiger partial charge is 0.444 e. The molecule has 0 spiro atoms. The average Bonchev–Trinajstić information content (AvgIpc) is 3.05. The third-order valence-electron chi connectivity index (χ3n) is 7.96. The van der Waals surface area contributed by atoms with Crippen LogP contribution in [0.4, 0.5) is 4.79 Å². The number of carbonyl (C=O) groups is 1. The lowest BCUT2D eigenvalue weighted by molar-refractivity contribution is 0.0177. The van der Waals surface area contributed by atoms with Crippen LogP contribution in [0.3, 0.4) is 0 Å². The van der Waals surface area contributed by atoms with Crippen LogP contribution in [0.5, 0.6) is 0 Å². The fourth-order valence-corrected chi connectivity index (χ4v) is 5.54. The van der Waals surface area contributed by atoms with Gasteiger partial charge in [0.25, 0.3) is 0 Å². The van der Waals surface area contributed by atoms with Crippen molar-refractivity contribution >= 4 is 6.09 Å². The number of piperidine rings is 1. The molecule has 0 saturated carbocycles. The van der Waals surface area contributed by atoms with Crippen LogP contribution in [0.25, 0.3) is 0 Å². The Morgan fingerprint density at radius 3 is 1.49 bits per heavy atom. The van der Waals surface area contributed by atoms with E-state index in [4.69, 9.17) is 4.74 Å². The molecule has 45 heavy (non-hydrogen) atoms. The number of nitrogens with one attached hydrogen (secondary N) is 1. The first-order valence-electron chi connectivity index (χ1n) is 16.4. The van der Waals surface area contributed by atoms with E-state index in [1.807, 2.05) is 37.8 Å². The van der Waals surface area contributed by atoms with E-state index in [9.17, 15) is 4.79 Å². The third-order valence-corrected chi connectivity index (χ3v) is 7.96. The van der Waals surface area contributed by atoms with Crippen molar-refractivity contribution in [3.05, 3.63) is 144 Å². The number of hydrogen-bond donors (Lipinski definition) is 1. The van der Waals surface area contributed by atoms with Crippen LogP contribution in [0.1, 0.15) is 62.3 Å². The molecule has 1 aliphatic heterocycles. The zero-order chi connectivity index (χ0) is 31.7. The summed E-state index contributed by atoms with van der Waals surface area (Å²) in [5.74, 6) is 0.665. The molecule has 1 aliphatic rings. The van der Waals surface area contributed by atoms with Gasteiger partial charge in [-0.25, -0.2) is 4.79 Å². The Bertz CT molecular complexity index is 1270. The zero-order valence-electron chi connectivity index (χ0n) is 27.4. The standard InChI is InChI=1S/C26H36N2O2.C14H15N/c1-26(2,3)30-25(29)28-18-15-22(16-19-28)14-17-27(20-23-10-6-4-7-11-23)21-24-12-8-5-9-13-24;1-3-7-13(8-4-1)11-15-12-14-9-5-2-6-10-14/h4-13,22H,14-21H2,1-3H3;1-10,15H,11-12H2. The molecule has 5 heteroatoms. The molecule has 4 aromatic rings. The highest BCUT2D eigenvalue weighted by Gasteiger charge is 2.27. The highest BCUT2D eigenvalue weighted by molar-refractivity contribution is 5.68. The first-order valence-corrected chi connectivity index (χ1v) is 16.4. The molecule has 5 nitrogen and oxygen atoms in total. The highest BCUT2D eigenvalue weighted by atomic mass is 16.6. The quantitative estimate of drug-likeness (QED) is 0.186. The normalized spacial score (nSPS) is 13.6. The van der Waals surface area contributed by atoms with Crippen LogP contribution in [0.15, 0.2) is 121 Å². The molecule has 0 radical (unpaired) electrons. The van der Waals surface area contributed by atoms with Crippen molar-refractivity contribution < 1.29 is 9.53 Å². The van der Waals surface area contributed by atoms with Gasteiger partial charge in [0.1, 0.15) is 5.60 Å². The average molecular weight is 606 g/mol. The van der Waals surface area contributed by atoms with Crippen molar-refractivity contribution in [3.8, 4) is 0 Å². The number of amides is 1. The van der Waals surface area contributed by atoms with Gasteiger partial charge in [0.05, 0.1) is 0 Å². The fourth-order valence-electron chi connectivity index (χ4n) is 5.54. The molecular formula is C40H51N3O2. The van der Waals surface area contributed by atoms with E-state index in [1.54, 1.807) is 0 Å². The van der Waals surface area contributed by atoms with Crippen LogP contribution in [0, 0.1) is 5.92 Å². The molecule has 1 N–H and O–H groups in total. The minimum Gasteiger partial charge on any atom is -0.444 e. The summed E-state index contributed by atoms with van der Waals surface area (Å²) in [4.78, 5) is 16.7. The van der Waals surface area contributed by atoms with Gasteiger partial charge in [-0.3, -0.25) is 4.90 Å². The van der Waals surface area contributed by atoms with E-state index < -0.39 is 5.60 Å². The molecule has 0 aliphatic carbocycles. The lowest BCUT2D eigenvalue weighted by Gasteiger charge is -2.34. The Kier molecular flexibility index (Phi) is 13.7. The Labute approximate surface area is 271 Å². The van der Waals surface area contributed by atoms with Gasteiger partial charge in [0, 0.05) is 39.3 Å². The lowest BCUT2D eigenvalue weighted by Crippen LogP contribution is -2.42. The predicted molar refractivity (Wildman–Crippen MR) is 186 cm³/mol. The van der Waals surface area contributed by atoms with Crippen molar-refractivity contribution in [2.24, 2.45) is 5.92 Å². The van der Waals surface area contributed by atoms with Gasteiger partial charge < -0.3 is 15.0 Å². The molecule has 0 atom stereocenters. The summed E-state index contributed by atoms with van der Waals surface area (Å²) in [5, 5.41) is 3.42. The molecule has 1 fully saturated rings. The number of benzene rings is 4. The number of rotatable bonds is 11. The maximum atomic E-state index is 12.3. The number of hydrogen-bond acceptors (Lipinski definition) is 4. The summed E-state index contributed by atoms with van der Waals surface area (Å²) in [6, 6.07) is 42.3. The molecule has 1 saturated heterocycles. The maximum Gasteiger partial charge on any atom is 0.410 e. The van der Waals surface area contributed by atoms with E-state index in [-0.39, 0.29) is 6.09 Å². The predicted octanol–water partition coefficient (Wildman–Crippen LogP) is 8.70. The SMILES string of the molecule is CC(C)(C)OC(=O)N1CCC(CCN(Cc2ccccc2)Cc2ccccc2)CC1.c1ccc(CNCc2ccccc2)cc1. The molecule has 0 aromatic heterocycles. The minimum absolute atomic E-state index is 0.171. The third kappa shape index (κ3) is 13.3. The zero-order valence-corrected chi connectivity index (χ0v) is 27.4. The summed E-state index contributed by atoms with van der Waals surface area (Å²) >= 11 is 0. The van der Waals surface area contributed by atoms with Crippen molar-refractivity contribution in [1.82, 2.24) is 15.1 Å². The molecule has 1 heterocycles. The Hall–Kier alpha value is -3.93. The van der Waals surface area contributed by atoms with Crippen LogP contribution in [-0.2, 0) is 30.9 Å². The molecule has 0 bridgehead atoms. The smallest absolute Gasteiger partial charge is 0.410 e. The summed E-state index contributed by atoms with van der Waals surface area (Å²) < 4.78 is 5.52. The fraction of sp³-hybridized carbons (Fsp3) is 0.375. The number of nitrogens with zero attached hydrogens (tertiary/aromatic N) is 2. The number of carbonyl (C=O) groups excluding carboxylic acids is 1. The van der Waals surface area contributed by atoms with Gasteiger partial charge in [-0.2, -0.15) is 0 Å². The van der Waals surface area contributed by atoms with E-state index >= 15 is 0 Å². The minimum atomic E-state index is -0.427. The molecule has 1 amide bonds. The van der Waals surface area contributed by atoms with E-state index in [0.29, 0.717) is 5.92 Å². The second kappa shape index (κ2) is 18.1. The van der Waals surface area contributed by atoms with Gasteiger partial charge in [-0.15, -0.1) is 0 Å². The van der Waals surface area contributed by atoms with Crippen LogP contribution in [0.2, 0.25) is 0 Å². The van der Waals surface area contributed by atoms with E-state index in [0.717, 1.165) is 58.7 Å². The highest BCUT2D eigenvalue weighted by Crippen LogP contribution is 2.23. The second-order valence-corrected chi connectivity index (χ2v) is 13.0. The molecular weight excluding hydrogens is 554 g/mol. The van der Waals surface area contributed by atoms with Crippen molar-refractivity contribution in [3.63, 3.8) is 0 Å². The summed E-state index contributed by atoms with van der Waals surface area (Å²) in [6.07, 6.45) is 3.12. The van der Waals surface area contributed by atoms with Gasteiger partial charge in [-0.05, 0) is 74.8 Å². The first-order chi connectivity index (χ1) is 21.8. The maximum absolute atomic E-state index is 12.3. The topological polar surface area (TPSA) is 44.8 Å². The molecule has 0 unspecified atom stereocenters. The molecule has 5 rings (SSSR count). The van der Waals surface area contributed by atoms with Gasteiger partial charge in [-0.1, -0.05) is 121 Å². The summed E-state index contributed by atoms with van der Waals surface area (Å²) in [5.41, 5.74) is 4.94. The summed E-state index contributed by atoms with van der Waals surface area (Å²) in [6.45, 7) is 12.2. The second-order valence-electron chi connectivity index (χ2n) is 13.0. The van der Waals surface area contributed by atoms with Crippen molar-refractivity contribution in [1.29, 1.82) is 0 Å². The Morgan fingerprint density at radius 2 is 1.09 bits per heavy atom. The summed E-state index contributed by atoms with van der Waals surface area (Å²) in [7, 11) is 0. The van der Waals surface area contributed by atoms with E-state index in [2.05, 4.69) is 119 Å². The van der Waals surface area contributed by atoms with Gasteiger partial charge in [0.15, 0.2) is 0 Å². The Morgan fingerprint density at radius 1 is 0.689 bits per heavy atom. The van der Waals surface area contributed by atoms with Gasteiger partial charge >= 0.3 is 6.09 Å². The molecule has 4 aromatic carbocycles. The van der Waals surface area contributed by atoms with Crippen molar-refractivity contribution in [2.45, 2.75) is 71.8 Å². The van der Waals surface area contributed by atoms with Crippen LogP contribution < -0.4 is 5.32 Å². The number of likely N-dealkylation sites (tertiary alicyclic amines) is 1. The van der Waals surface area contributed by atoms with E-state index in [1.165, 1.54) is 28.7 Å². The number of ether oxygens (including phenoxy) is 1. The van der Waals surface area contributed by atoms with Crippen molar-refractivity contribution in [2.75, 3.05) is 19.6 Å². The lowest BCUT2D eigenvalue weighted by atomic mass is 9.93. The first kappa shape index (κ1) is 34.0. The monoisotopic (exact) mass is 605 g/mol. The molecule has 238 valence electrons. The van der Waals surface area contributed by atoms with Gasteiger partial charge in [0.2, 0.25) is 0 Å². The Balaban J connectivity index is 0.000000256. The van der Waals surface area contributed by atoms with Crippen LogP contribution in [-0.4, -0.2) is 41.1 Å².